The number of carbonyl (C=O) groups excluding carboxylic acids is 3. The number of fused-ring (bicyclic) bond motifs is 2. The number of aliphatic imine (C=N–C) groups is 1. The monoisotopic (exact) mass is 519 g/mol. The van der Waals surface area contributed by atoms with Crippen molar-refractivity contribution in [3.63, 3.8) is 0 Å². The first kappa shape index (κ1) is 25.4. The molecule has 0 saturated carbocycles. The summed E-state index contributed by atoms with van der Waals surface area (Å²) in [6, 6.07) is 10.1. The summed E-state index contributed by atoms with van der Waals surface area (Å²) in [7, 11) is 1.56. The van der Waals surface area contributed by atoms with Crippen LogP contribution in [-0.4, -0.2) is 67.1 Å². The number of nitrogens with one attached hydrogen (secondary N) is 3. The Balaban J connectivity index is 1.46. The summed E-state index contributed by atoms with van der Waals surface area (Å²) in [5.41, 5.74) is 2.31. The molecule has 1 fully saturated rings. The van der Waals surface area contributed by atoms with Crippen molar-refractivity contribution >= 4 is 35.3 Å². The number of rotatable bonds is 8. The topological polar surface area (TPSA) is 116 Å². The molecule has 198 valence electrons. The molecule has 0 radical (unpaired) electrons. The van der Waals surface area contributed by atoms with Gasteiger partial charge in [-0.15, -0.1) is 0 Å². The van der Waals surface area contributed by atoms with Crippen LogP contribution in [0.1, 0.15) is 40.5 Å². The number of hydrogen-bond acceptors (Lipinski definition) is 5. The van der Waals surface area contributed by atoms with E-state index < -0.39 is 23.8 Å². The number of benzene rings is 2. The molecule has 1 aromatic heterocycles. The van der Waals surface area contributed by atoms with Crippen LogP contribution in [0.3, 0.4) is 0 Å². The van der Waals surface area contributed by atoms with Gasteiger partial charge in [0.05, 0.1) is 13.7 Å². The Morgan fingerprint density at radius 3 is 2.87 bits per heavy atom. The van der Waals surface area contributed by atoms with Gasteiger partial charge in [-0.3, -0.25) is 19.4 Å². The minimum Gasteiger partial charge on any atom is -0.496 e. The van der Waals surface area contributed by atoms with Crippen molar-refractivity contribution in [2.24, 2.45) is 10.9 Å². The second kappa shape index (κ2) is 10.6. The molecule has 3 aromatic rings. The maximum atomic E-state index is 14.1. The number of aromatic nitrogens is 1. The molecule has 38 heavy (non-hydrogen) atoms. The van der Waals surface area contributed by atoms with Crippen molar-refractivity contribution in [1.29, 1.82) is 0 Å². The van der Waals surface area contributed by atoms with Crippen LogP contribution in [0.25, 0.3) is 10.9 Å². The first-order valence-corrected chi connectivity index (χ1v) is 12.6. The largest absolute Gasteiger partial charge is 0.496 e. The lowest BCUT2D eigenvalue weighted by Gasteiger charge is -2.37. The van der Waals surface area contributed by atoms with Gasteiger partial charge in [0.2, 0.25) is 11.8 Å². The van der Waals surface area contributed by atoms with E-state index in [0.717, 1.165) is 10.9 Å². The molecule has 0 bridgehead atoms. The smallest absolute Gasteiger partial charge is 0.271 e. The Hall–Kier alpha value is -4.21. The highest BCUT2D eigenvalue weighted by molar-refractivity contribution is 6.02. The van der Waals surface area contributed by atoms with E-state index in [1.165, 1.54) is 17.0 Å². The Bertz CT molecular complexity index is 1400. The molecule has 3 atom stereocenters. The molecule has 1 saturated heterocycles. The van der Waals surface area contributed by atoms with Gasteiger partial charge in [-0.2, -0.15) is 0 Å². The molecular formula is C28H30FN5O4. The summed E-state index contributed by atoms with van der Waals surface area (Å²) in [6.45, 7) is 4.62. The van der Waals surface area contributed by atoms with Crippen LogP contribution in [0.5, 0.6) is 5.75 Å². The summed E-state index contributed by atoms with van der Waals surface area (Å²) in [4.78, 5) is 48.4. The van der Waals surface area contributed by atoms with E-state index in [1.54, 1.807) is 19.2 Å². The van der Waals surface area contributed by atoms with E-state index in [1.807, 2.05) is 18.2 Å². The number of H-pyrrole nitrogens is 1. The summed E-state index contributed by atoms with van der Waals surface area (Å²) < 4.78 is 19.5. The summed E-state index contributed by atoms with van der Waals surface area (Å²) in [5, 5.41) is 6.57. The van der Waals surface area contributed by atoms with E-state index in [9.17, 15) is 18.8 Å². The average Bonchev–Trinajstić information content (AvgIpc) is 3.53. The van der Waals surface area contributed by atoms with Crippen molar-refractivity contribution in [1.82, 2.24) is 20.5 Å². The highest BCUT2D eigenvalue weighted by atomic mass is 19.1. The molecular weight excluding hydrogens is 489 g/mol. The van der Waals surface area contributed by atoms with Gasteiger partial charge in [0.1, 0.15) is 23.3 Å². The molecule has 2 aliphatic heterocycles. The first-order valence-electron chi connectivity index (χ1n) is 12.6. The van der Waals surface area contributed by atoms with Gasteiger partial charge in [0, 0.05) is 36.0 Å². The Kier molecular flexibility index (Phi) is 7.13. The van der Waals surface area contributed by atoms with Crippen LogP contribution < -0.4 is 15.4 Å². The van der Waals surface area contributed by atoms with E-state index in [-0.39, 0.29) is 30.8 Å². The molecule has 3 heterocycles. The number of methoxy groups -OCH3 is 1. The van der Waals surface area contributed by atoms with Gasteiger partial charge in [-0.25, -0.2) is 4.39 Å². The number of amides is 3. The minimum atomic E-state index is -0.982. The van der Waals surface area contributed by atoms with Gasteiger partial charge in [-0.1, -0.05) is 12.1 Å². The lowest BCUT2D eigenvalue weighted by atomic mass is 9.90. The Morgan fingerprint density at radius 1 is 1.29 bits per heavy atom. The van der Waals surface area contributed by atoms with Crippen molar-refractivity contribution < 1.29 is 23.5 Å². The summed E-state index contributed by atoms with van der Waals surface area (Å²) >= 11 is 0. The van der Waals surface area contributed by atoms with Crippen LogP contribution in [0.2, 0.25) is 0 Å². The lowest BCUT2D eigenvalue weighted by Crippen LogP contribution is -2.50. The number of carbonyl (C=O) groups is 3. The lowest BCUT2D eigenvalue weighted by molar-refractivity contribution is -0.128. The third-order valence-electron chi connectivity index (χ3n) is 7.34. The van der Waals surface area contributed by atoms with Crippen molar-refractivity contribution in [2.45, 2.75) is 31.3 Å². The zero-order valence-electron chi connectivity index (χ0n) is 21.1. The SMILES string of the molecule is C=NC[C@H](C[C@@H]1CCNC1=O)NC(=O)C1c2ccc(F)cc2CCN1C(=O)c1cc2c(OC)cccc2[nH]1. The molecule has 2 aliphatic rings. The average molecular weight is 520 g/mol. The minimum absolute atomic E-state index is 0.0437. The number of aromatic amines is 1. The number of halogens is 1. The Morgan fingerprint density at radius 2 is 2.13 bits per heavy atom. The molecule has 1 unspecified atom stereocenters. The zero-order chi connectivity index (χ0) is 26.8. The van der Waals surface area contributed by atoms with E-state index in [0.29, 0.717) is 48.4 Å². The Labute approximate surface area is 219 Å². The molecule has 9 nitrogen and oxygen atoms in total. The van der Waals surface area contributed by atoms with E-state index >= 15 is 0 Å². The van der Waals surface area contributed by atoms with Gasteiger partial charge >= 0.3 is 0 Å². The molecule has 3 amide bonds. The fourth-order valence-corrected chi connectivity index (χ4v) is 5.50. The zero-order valence-corrected chi connectivity index (χ0v) is 21.1. The van der Waals surface area contributed by atoms with Crippen LogP contribution in [-0.2, 0) is 16.0 Å². The van der Waals surface area contributed by atoms with Crippen molar-refractivity contribution in [3.05, 3.63) is 65.1 Å². The van der Waals surface area contributed by atoms with Gasteiger partial charge < -0.3 is 25.3 Å². The molecule has 0 spiro atoms. The quantitative estimate of drug-likeness (QED) is 0.397. The normalized spacial score (nSPS) is 19.5. The van der Waals surface area contributed by atoms with E-state index in [2.05, 4.69) is 27.3 Å². The predicted molar refractivity (Wildman–Crippen MR) is 141 cm³/mol. The van der Waals surface area contributed by atoms with Gasteiger partial charge in [-0.05, 0) is 67.4 Å². The highest BCUT2D eigenvalue weighted by Crippen LogP contribution is 2.33. The maximum Gasteiger partial charge on any atom is 0.271 e. The van der Waals surface area contributed by atoms with Crippen LogP contribution in [0.15, 0.2) is 47.5 Å². The molecule has 10 heteroatoms. The number of nitrogens with zero attached hydrogens (tertiary/aromatic N) is 2. The first-order chi connectivity index (χ1) is 18.4. The molecule has 0 aliphatic carbocycles. The van der Waals surface area contributed by atoms with Crippen LogP contribution in [0, 0.1) is 11.7 Å². The predicted octanol–water partition coefficient (Wildman–Crippen LogP) is 2.77. The fraction of sp³-hybridized carbons (Fsp3) is 0.357. The van der Waals surface area contributed by atoms with Crippen molar-refractivity contribution in [3.8, 4) is 5.75 Å². The van der Waals surface area contributed by atoms with Gasteiger partial charge in [0.15, 0.2) is 0 Å². The van der Waals surface area contributed by atoms with Crippen LogP contribution in [0.4, 0.5) is 4.39 Å². The van der Waals surface area contributed by atoms with E-state index in [4.69, 9.17) is 4.74 Å². The molecule has 2 aromatic carbocycles. The third-order valence-corrected chi connectivity index (χ3v) is 7.34. The molecule has 5 rings (SSSR count). The standard InChI is InChI=1S/C28H30FN5O4/c1-30-15-19(13-17-8-10-31-26(17)35)32-27(36)25-20-7-6-18(29)12-16(20)9-11-34(25)28(37)23-14-21-22(33-23)4-3-5-24(21)38-2/h3-7,12,14,17,19,25,33H,1,8-11,13,15H2,2H3,(H,31,35)(H,32,36)/t17-,19-,25?/m0/s1. The van der Waals surface area contributed by atoms with Gasteiger partial charge in [0.25, 0.3) is 5.91 Å². The number of hydrogen-bond donors (Lipinski definition) is 3. The number of ether oxygens (including phenoxy) is 1. The van der Waals surface area contributed by atoms with Crippen molar-refractivity contribution in [2.75, 3.05) is 26.7 Å². The second-order valence-corrected chi connectivity index (χ2v) is 9.72. The highest BCUT2D eigenvalue weighted by Gasteiger charge is 2.38. The van der Waals surface area contributed by atoms with Crippen LogP contribution >= 0.6 is 0 Å². The third kappa shape index (κ3) is 4.85. The second-order valence-electron chi connectivity index (χ2n) is 9.72. The fourth-order valence-electron chi connectivity index (χ4n) is 5.50. The summed E-state index contributed by atoms with van der Waals surface area (Å²) in [6.07, 6.45) is 1.50. The maximum absolute atomic E-state index is 14.1. The molecule has 3 N–H and O–H groups in total. The summed E-state index contributed by atoms with van der Waals surface area (Å²) in [5.74, 6) is -0.807.